The second-order valence-electron chi connectivity index (χ2n) is 4.37. The summed E-state index contributed by atoms with van der Waals surface area (Å²) in [5, 5.41) is 4.64. The maximum atomic E-state index is 13.0. The Hall–Kier alpha value is -0.970. The van der Waals surface area contributed by atoms with Crippen molar-refractivity contribution in [3.05, 3.63) is 40.1 Å². The van der Waals surface area contributed by atoms with E-state index in [0.29, 0.717) is 5.02 Å². The molecule has 1 atom stereocenters. The maximum absolute atomic E-state index is 13.0. The Morgan fingerprint density at radius 3 is 2.95 bits per heavy atom. The number of halogens is 2. The van der Waals surface area contributed by atoms with Crippen LogP contribution in [-0.4, -0.2) is 11.5 Å². The van der Waals surface area contributed by atoms with Crippen LogP contribution in [0.4, 0.5) is 4.39 Å². The summed E-state index contributed by atoms with van der Waals surface area (Å²) in [5.41, 5.74) is 0.780. The van der Waals surface area contributed by atoms with Crippen molar-refractivity contribution in [1.29, 1.82) is 0 Å². The van der Waals surface area contributed by atoms with Crippen molar-refractivity contribution in [2.24, 2.45) is 0 Å². The average Bonchev–Trinajstić information content (AvgIpc) is 2.85. The summed E-state index contributed by atoms with van der Waals surface area (Å²) < 4.78 is 13.0. The molecule has 1 aromatic carbocycles. The zero-order valence-electron chi connectivity index (χ0n) is 10.9. The van der Waals surface area contributed by atoms with E-state index in [2.05, 4.69) is 24.1 Å². The molecule has 2 nitrogen and oxygen atoms in total. The third-order valence-corrected chi connectivity index (χ3v) is 4.34. The second kappa shape index (κ2) is 6.46. The first-order valence-electron chi connectivity index (χ1n) is 6.26. The van der Waals surface area contributed by atoms with Crippen LogP contribution in [-0.2, 0) is 0 Å². The fraction of sp³-hybridized carbons (Fsp3) is 0.357. The van der Waals surface area contributed by atoms with E-state index in [4.69, 9.17) is 11.6 Å². The van der Waals surface area contributed by atoms with Crippen molar-refractivity contribution < 1.29 is 4.39 Å². The van der Waals surface area contributed by atoms with Crippen molar-refractivity contribution in [2.75, 3.05) is 6.54 Å². The lowest BCUT2D eigenvalue weighted by Crippen LogP contribution is -2.18. The predicted octanol–water partition coefficient (Wildman–Crippen LogP) is 4.66. The van der Waals surface area contributed by atoms with E-state index in [-0.39, 0.29) is 11.9 Å². The smallest absolute Gasteiger partial charge is 0.125 e. The van der Waals surface area contributed by atoms with Crippen LogP contribution in [0.3, 0.4) is 0 Å². The monoisotopic (exact) mass is 298 g/mol. The van der Waals surface area contributed by atoms with Gasteiger partial charge in [-0.3, -0.25) is 0 Å². The van der Waals surface area contributed by atoms with Gasteiger partial charge in [0.05, 0.1) is 5.02 Å². The van der Waals surface area contributed by atoms with E-state index in [1.807, 2.05) is 6.20 Å². The van der Waals surface area contributed by atoms with Crippen molar-refractivity contribution in [3.63, 3.8) is 0 Å². The highest BCUT2D eigenvalue weighted by atomic mass is 35.5. The third-order valence-electron chi connectivity index (χ3n) is 2.81. The Morgan fingerprint density at radius 2 is 2.26 bits per heavy atom. The van der Waals surface area contributed by atoms with Gasteiger partial charge in [0.25, 0.3) is 0 Å². The lowest BCUT2D eigenvalue weighted by atomic mass is 10.2. The van der Waals surface area contributed by atoms with E-state index in [9.17, 15) is 4.39 Å². The highest BCUT2D eigenvalue weighted by Gasteiger charge is 2.12. The molecule has 0 saturated carbocycles. The summed E-state index contributed by atoms with van der Waals surface area (Å²) in [4.78, 5) is 5.53. The summed E-state index contributed by atoms with van der Waals surface area (Å²) in [6, 6.07) is 4.66. The largest absolute Gasteiger partial charge is 0.309 e. The average molecular weight is 299 g/mol. The number of benzene rings is 1. The quantitative estimate of drug-likeness (QED) is 0.868. The molecule has 2 aromatic rings. The summed E-state index contributed by atoms with van der Waals surface area (Å²) in [6.07, 6.45) is 2.95. The van der Waals surface area contributed by atoms with E-state index < -0.39 is 0 Å². The highest BCUT2D eigenvalue weighted by Crippen LogP contribution is 2.33. The first-order valence-corrected chi connectivity index (χ1v) is 7.45. The molecule has 0 bridgehead atoms. The van der Waals surface area contributed by atoms with Crippen LogP contribution in [0.25, 0.3) is 10.6 Å². The Kier molecular flexibility index (Phi) is 4.91. The van der Waals surface area contributed by atoms with Gasteiger partial charge >= 0.3 is 0 Å². The van der Waals surface area contributed by atoms with Crippen LogP contribution in [0.2, 0.25) is 5.02 Å². The maximum Gasteiger partial charge on any atom is 0.125 e. The first kappa shape index (κ1) is 14.4. The lowest BCUT2D eigenvalue weighted by Gasteiger charge is -2.09. The SMILES string of the molecule is CCCNC(C)c1cnc(-c2ccc(F)cc2Cl)s1. The van der Waals surface area contributed by atoms with Gasteiger partial charge in [-0.1, -0.05) is 18.5 Å². The van der Waals surface area contributed by atoms with Gasteiger partial charge < -0.3 is 5.32 Å². The molecule has 0 aliphatic carbocycles. The molecule has 1 N–H and O–H groups in total. The molecule has 1 aromatic heterocycles. The molecule has 1 unspecified atom stereocenters. The number of hydrogen-bond donors (Lipinski definition) is 1. The summed E-state index contributed by atoms with van der Waals surface area (Å²) in [6.45, 7) is 5.22. The topological polar surface area (TPSA) is 24.9 Å². The molecule has 0 aliphatic heterocycles. The normalized spacial score (nSPS) is 12.6. The minimum Gasteiger partial charge on any atom is -0.309 e. The van der Waals surface area contributed by atoms with Gasteiger partial charge in [0.1, 0.15) is 10.8 Å². The van der Waals surface area contributed by atoms with Crippen molar-refractivity contribution >= 4 is 22.9 Å². The van der Waals surface area contributed by atoms with Crippen molar-refractivity contribution in [1.82, 2.24) is 10.3 Å². The zero-order chi connectivity index (χ0) is 13.8. The number of aromatic nitrogens is 1. The van der Waals surface area contributed by atoms with E-state index in [0.717, 1.165) is 28.4 Å². The van der Waals surface area contributed by atoms with E-state index in [1.54, 1.807) is 17.4 Å². The van der Waals surface area contributed by atoms with Crippen LogP contribution in [0, 0.1) is 5.82 Å². The summed E-state index contributed by atoms with van der Waals surface area (Å²) in [7, 11) is 0. The molecule has 0 saturated heterocycles. The van der Waals surface area contributed by atoms with Gasteiger partial charge in [0.2, 0.25) is 0 Å². The van der Waals surface area contributed by atoms with Gasteiger partial charge in [0, 0.05) is 22.7 Å². The minimum atomic E-state index is -0.330. The van der Waals surface area contributed by atoms with Gasteiger partial charge in [0.15, 0.2) is 0 Å². The van der Waals surface area contributed by atoms with Crippen molar-refractivity contribution in [3.8, 4) is 10.6 Å². The number of nitrogens with zero attached hydrogens (tertiary/aromatic N) is 1. The summed E-state index contributed by atoms with van der Waals surface area (Å²) in [5.74, 6) is -0.330. The van der Waals surface area contributed by atoms with Crippen LogP contribution in [0.5, 0.6) is 0 Å². The molecule has 0 spiro atoms. The Balaban J connectivity index is 2.20. The number of rotatable bonds is 5. The van der Waals surface area contributed by atoms with Crippen molar-refractivity contribution in [2.45, 2.75) is 26.3 Å². The molecule has 102 valence electrons. The number of nitrogens with one attached hydrogen (secondary N) is 1. The van der Waals surface area contributed by atoms with Gasteiger partial charge in [-0.15, -0.1) is 11.3 Å². The molecule has 2 rings (SSSR count). The third kappa shape index (κ3) is 3.53. The molecule has 0 fully saturated rings. The fourth-order valence-corrected chi connectivity index (χ4v) is 3.03. The molecule has 19 heavy (non-hydrogen) atoms. The fourth-order valence-electron chi connectivity index (χ4n) is 1.74. The van der Waals surface area contributed by atoms with E-state index in [1.165, 1.54) is 12.1 Å². The van der Waals surface area contributed by atoms with E-state index >= 15 is 0 Å². The number of hydrogen-bond acceptors (Lipinski definition) is 3. The van der Waals surface area contributed by atoms with Crippen LogP contribution in [0.1, 0.15) is 31.2 Å². The Labute approximate surface area is 121 Å². The molecule has 5 heteroatoms. The lowest BCUT2D eigenvalue weighted by molar-refractivity contribution is 0.577. The number of thiazole rings is 1. The highest BCUT2D eigenvalue weighted by molar-refractivity contribution is 7.15. The van der Waals surface area contributed by atoms with Crippen LogP contribution < -0.4 is 5.32 Å². The Bertz CT molecular complexity index is 556. The molecule has 0 amide bonds. The molecular weight excluding hydrogens is 283 g/mol. The second-order valence-corrected chi connectivity index (χ2v) is 5.84. The molecule has 1 heterocycles. The van der Waals surface area contributed by atoms with Gasteiger partial charge in [-0.25, -0.2) is 9.37 Å². The first-order chi connectivity index (χ1) is 9.11. The molecular formula is C14H16ClFN2S. The van der Waals surface area contributed by atoms with Crippen LogP contribution in [0.15, 0.2) is 24.4 Å². The Morgan fingerprint density at radius 1 is 1.47 bits per heavy atom. The van der Waals surface area contributed by atoms with Gasteiger partial charge in [-0.05, 0) is 38.1 Å². The predicted molar refractivity (Wildman–Crippen MR) is 79.2 cm³/mol. The summed E-state index contributed by atoms with van der Waals surface area (Å²) >= 11 is 7.63. The molecule has 0 aliphatic rings. The van der Waals surface area contributed by atoms with Gasteiger partial charge in [-0.2, -0.15) is 0 Å². The minimum absolute atomic E-state index is 0.269. The zero-order valence-corrected chi connectivity index (χ0v) is 12.5. The van der Waals surface area contributed by atoms with Crippen LogP contribution >= 0.6 is 22.9 Å². The molecule has 0 radical (unpaired) electrons. The standard InChI is InChI=1S/C14H16ClFN2S/c1-3-6-17-9(2)13-8-18-14(19-13)11-5-4-10(16)7-12(11)15/h4-5,7-9,17H,3,6H2,1-2H3.